The Hall–Kier alpha value is -1.82. The van der Waals surface area contributed by atoms with E-state index in [1.807, 2.05) is 6.92 Å². The number of rotatable bonds is 2. The molecule has 126 valence electrons. The molecule has 2 heterocycles. The lowest BCUT2D eigenvalue weighted by molar-refractivity contribution is -0.120. The number of aromatic nitrogens is 1. The van der Waals surface area contributed by atoms with Gasteiger partial charge in [0.15, 0.2) is 0 Å². The summed E-state index contributed by atoms with van der Waals surface area (Å²) >= 11 is 5.85. The Morgan fingerprint density at radius 2 is 2.13 bits per heavy atom. The van der Waals surface area contributed by atoms with Crippen LogP contribution in [0.15, 0.2) is 12.1 Å². The second-order valence-corrected chi connectivity index (χ2v) is 7.01. The number of aryl methyl sites for hydroxylation is 1. The number of ether oxygens (including phenoxy) is 1. The zero-order valence-corrected chi connectivity index (χ0v) is 14.6. The molecule has 1 atom stereocenters. The van der Waals surface area contributed by atoms with Gasteiger partial charge in [-0.25, -0.2) is 9.78 Å². The Morgan fingerprint density at radius 1 is 1.43 bits per heavy atom. The van der Waals surface area contributed by atoms with Crippen molar-refractivity contribution in [1.29, 1.82) is 0 Å². The predicted molar refractivity (Wildman–Crippen MR) is 88.7 cm³/mol. The summed E-state index contributed by atoms with van der Waals surface area (Å²) in [5, 5.41) is 3.16. The highest BCUT2D eigenvalue weighted by Crippen LogP contribution is 2.25. The van der Waals surface area contributed by atoms with Crippen molar-refractivity contribution in [1.82, 2.24) is 10.3 Å². The van der Waals surface area contributed by atoms with E-state index in [4.69, 9.17) is 16.3 Å². The van der Waals surface area contributed by atoms with Crippen LogP contribution in [0.3, 0.4) is 0 Å². The van der Waals surface area contributed by atoms with Crippen molar-refractivity contribution in [2.45, 2.75) is 52.2 Å². The highest BCUT2D eigenvalue weighted by atomic mass is 35.5. The molecule has 2 amide bonds. The van der Waals surface area contributed by atoms with Gasteiger partial charge >= 0.3 is 6.09 Å². The molecular weight excluding hydrogens is 318 g/mol. The molecule has 1 N–H and O–H groups in total. The second-order valence-electron chi connectivity index (χ2n) is 6.62. The van der Waals surface area contributed by atoms with Crippen molar-refractivity contribution < 1.29 is 14.3 Å². The monoisotopic (exact) mass is 339 g/mol. The van der Waals surface area contributed by atoms with Gasteiger partial charge in [-0.2, -0.15) is 0 Å². The second kappa shape index (κ2) is 6.74. The summed E-state index contributed by atoms with van der Waals surface area (Å²) < 4.78 is 5.22. The number of amides is 2. The number of nitrogens with one attached hydrogen (secondary N) is 1. The first-order valence-electron chi connectivity index (χ1n) is 7.59. The summed E-state index contributed by atoms with van der Waals surface area (Å²) in [6.07, 6.45) is 0.405. The van der Waals surface area contributed by atoms with Crippen molar-refractivity contribution >= 4 is 29.3 Å². The van der Waals surface area contributed by atoms with Crippen LogP contribution in [0, 0.1) is 6.92 Å². The van der Waals surface area contributed by atoms with Gasteiger partial charge in [0.2, 0.25) is 5.91 Å². The fourth-order valence-corrected chi connectivity index (χ4v) is 2.68. The van der Waals surface area contributed by atoms with E-state index >= 15 is 0 Å². The van der Waals surface area contributed by atoms with Gasteiger partial charge in [-0.05, 0) is 46.2 Å². The van der Waals surface area contributed by atoms with Crippen LogP contribution in [0.1, 0.15) is 39.3 Å². The van der Waals surface area contributed by atoms with Gasteiger partial charge < -0.3 is 15.0 Å². The molecule has 6 nitrogen and oxygen atoms in total. The normalized spacial score (nSPS) is 18.7. The highest BCUT2D eigenvalue weighted by Gasteiger charge is 2.30. The molecule has 0 bridgehead atoms. The van der Waals surface area contributed by atoms with Gasteiger partial charge in [0.1, 0.15) is 10.8 Å². The van der Waals surface area contributed by atoms with Gasteiger partial charge in [0.05, 0.1) is 11.4 Å². The zero-order valence-electron chi connectivity index (χ0n) is 13.9. The summed E-state index contributed by atoms with van der Waals surface area (Å²) in [5.74, 6) is -0.0514. The molecule has 2 rings (SSSR count). The maximum absolute atomic E-state index is 12.4. The molecule has 1 aromatic heterocycles. The minimum absolute atomic E-state index is 0.0514. The van der Waals surface area contributed by atoms with E-state index in [1.165, 1.54) is 0 Å². The third-order valence-corrected chi connectivity index (χ3v) is 3.67. The third-order valence-electron chi connectivity index (χ3n) is 3.46. The fourth-order valence-electron chi connectivity index (χ4n) is 2.49. The third kappa shape index (κ3) is 4.82. The van der Waals surface area contributed by atoms with Crippen molar-refractivity contribution in [2.75, 3.05) is 11.4 Å². The van der Waals surface area contributed by atoms with Crippen LogP contribution in [-0.4, -0.2) is 35.2 Å². The van der Waals surface area contributed by atoms with Gasteiger partial charge in [-0.15, -0.1) is 0 Å². The number of hydrogen-bond donors (Lipinski definition) is 1. The molecule has 0 aliphatic carbocycles. The fraction of sp³-hybridized carbons (Fsp3) is 0.562. The van der Waals surface area contributed by atoms with Crippen LogP contribution in [0.4, 0.5) is 10.5 Å². The van der Waals surface area contributed by atoms with Crippen LogP contribution >= 0.6 is 11.6 Å². The smallest absolute Gasteiger partial charge is 0.407 e. The Labute approximate surface area is 141 Å². The summed E-state index contributed by atoms with van der Waals surface area (Å²) in [6.45, 7) is 7.74. The highest BCUT2D eigenvalue weighted by molar-refractivity contribution is 6.29. The van der Waals surface area contributed by atoms with Crippen molar-refractivity contribution in [3.05, 3.63) is 23.0 Å². The van der Waals surface area contributed by atoms with Crippen molar-refractivity contribution in [2.24, 2.45) is 0 Å². The number of pyridine rings is 1. The Morgan fingerprint density at radius 3 is 2.70 bits per heavy atom. The lowest BCUT2D eigenvalue weighted by atomic mass is 10.0. The standard InChI is InChI=1S/C16H22ClN3O3/c1-10-12(5-6-13(17)18-10)20-8-7-11(9-14(20)21)19-15(22)23-16(2,3)4/h5-6,11H,7-9H2,1-4H3,(H,19,22). The van der Waals surface area contributed by atoms with Crippen molar-refractivity contribution in [3.8, 4) is 0 Å². The van der Waals surface area contributed by atoms with Crippen LogP contribution in [0.5, 0.6) is 0 Å². The lowest BCUT2D eigenvalue weighted by Gasteiger charge is -2.33. The van der Waals surface area contributed by atoms with Gasteiger partial charge in [0, 0.05) is 19.0 Å². The molecule has 1 aliphatic heterocycles. The van der Waals surface area contributed by atoms with E-state index in [-0.39, 0.29) is 18.4 Å². The van der Waals surface area contributed by atoms with Crippen LogP contribution in [0.25, 0.3) is 0 Å². The molecule has 23 heavy (non-hydrogen) atoms. The van der Waals surface area contributed by atoms with Gasteiger partial charge in [-0.3, -0.25) is 4.79 Å². The first-order chi connectivity index (χ1) is 10.7. The molecule has 1 unspecified atom stereocenters. The molecule has 1 saturated heterocycles. The minimum Gasteiger partial charge on any atom is -0.444 e. The number of nitrogens with zero attached hydrogens (tertiary/aromatic N) is 2. The molecule has 1 aromatic rings. The van der Waals surface area contributed by atoms with E-state index in [1.54, 1.807) is 37.8 Å². The SMILES string of the molecule is Cc1nc(Cl)ccc1N1CCC(NC(=O)OC(C)(C)C)CC1=O. The van der Waals surface area contributed by atoms with Crippen molar-refractivity contribution in [3.63, 3.8) is 0 Å². The summed E-state index contributed by atoms with van der Waals surface area (Å²) in [7, 11) is 0. The number of hydrogen-bond acceptors (Lipinski definition) is 4. The van der Waals surface area contributed by atoms with Gasteiger partial charge in [0.25, 0.3) is 0 Å². The average Bonchev–Trinajstić information content (AvgIpc) is 2.37. The molecular formula is C16H22ClN3O3. The maximum atomic E-state index is 12.4. The van der Waals surface area contributed by atoms with E-state index in [0.717, 1.165) is 5.69 Å². The van der Waals surface area contributed by atoms with E-state index in [0.29, 0.717) is 23.8 Å². The number of alkyl carbamates (subject to hydrolysis) is 1. The Bertz CT molecular complexity index is 613. The summed E-state index contributed by atoms with van der Waals surface area (Å²) in [5.41, 5.74) is 0.917. The number of anilines is 1. The number of halogens is 1. The van der Waals surface area contributed by atoms with Crippen LogP contribution in [0.2, 0.25) is 5.15 Å². The Kier molecular flexibility index (Phi) is 5.14. The number of carbonyl (C=O) groups excluding carboxylic acids is 2. The first-order valence-corrected chi connectivity index (χ1v) is 7.96. The average molecular weight is 340 g/mol. The van der Waals surface area contributed by atoms with Crippen LogP contribution in [-0.2, 0) is 9.53 Å². The molecule has 1 fully saturated rings. The van der Waals surface area contributed by atoms with Gasteiger partial charge in [-0.1, -0.05) is 11.6 Å². The zero-order chi connectivity index (χ0) is 17.2. The maximum Gasteiger partial charge on any atom is 0.407 e. The molecule has 0 spiro atoms. The quantitative estimate of drug-likeness (QED) is 0.840. The summed E-state index contributed by atoms with van der Waals surface area (Å²) in [6, 6.07) is 3.25. The summed E-state index contributed by atoms with van der Waals surface area (Å²) in [4.78, 5) is 30.0. The molecule has 0 radical (unpaired) electrons. The molecule has 7 heteroatoms. The predicted octanol–water partition coefficient (Wildman–Crippen LogP) is 3.06. The van der Waals surface area contributed by atoms with Crippen LogP contribution < -0.4 is 10.2 Å². The minimum atomic E-state index is -0.555. The first kappa shape index (κ1) is 17.5. The molecule has 0 saturated carbocycles. The van der Waals surface area contributed by atoms with E-state index in [2.05, 4.69) is 10.3 Å². The molecule has 0 aromatic carbocycles. The topological polar surface area (TPSA) is 71.5 Å². The number of carbonyl (C=O) groups is 2. The lowest BCUT2D eigenvalue weighted by Crippen LogP contribution is -2.49. The van der Waals surface area contributed by atoms with E-state index in [9.17, 15) is 9.59 Å². The van der Waals surface area contributed by atoms with E-state index < -0.39 is 11.7 Å². The molecule has 1 aliphatic rings. The largest absolute Gasteiger partial charge is 0.444 e. The Balaban J connectivity index is 1.97. The number of piperidine rings is 1.